The Morgan fingerprint density at radius 2 is 1.92 bits per heavy atom. The van der Waals surface area contributed by atoms with Gasteiger partial charge in [0.05, 0.1) is 0 Å². The van der Waals surface area contributed by atoms with Gasteiger partial charge in [0.1, 0.15) is 5.60 Å². The minimum Gasteiger partial charge on any atom is -0.370 e. The molecule has 0 aromatic heterocycles. The molecule has 0 heterocycles. The lowest BCUT2D eigenvalue weighted by Gasteiger charge is -2.28. The van der Waals surface area contributed by atoms with Gasteiger partial charge in [-0.25, -0.2) is 0 Å². The second kappa shape index (κ2) is 3.56. The molecule has 2 nitrogen and oxygen atoms in total. The number of carbonyl (C=O) groups is 1. The van der Waals surface area contributed by atoms with Crippen LogP contribution >= 0.6 is 0 Å². The van der Waals surface area contributed by atoms with Crippen LogP contribution in [0.5, 0.6) is 0 Å². The summed E-state index contributed by atoms with van der Waals surface area (Å²) in [7, 11) is 1.65. The predicted molar refractivity (Wildman–Crippen MR) is 48.1 cm³/mol. The molecule has 0 radical (unpaired) electrons. The van der Waals surface area contributed by atoms with Crippen molar-refractivity contribution in [1.82, 2.24) is 0 Å². The lowest BCUT2D eigenvalue weighted by atomic mass is 9.89. The molecule has 0 amide bonds. The minimum absolute atomic E-state index is 0.310. The zero-order valence-electron chi connectivity index (χ0n) is 8.22. The number of rotatable bonds is 5. The summed E-state index contributed by atoms with van der Waals surface area (Å²) in [6.45, 7) is 4.04. The van der Waals surface area contributed by atoms with Crippen LogP contribution in [0.15, 0.2) is 0 Å². The predicted octanol–water partition coefficient (Wildman–Crippen LogP) is 2.17. The molecular weight excluding hydrogens is 152 g/mol. The Bertz CT molecular complexity index is 158. The van der Waals surface area contributed by atoms with Crippen molar-refractivity contribution in [2.45, 2.75) is 45.1 Å². The van der Waals surface area contributed by atoms with E-state index in [0.29, 0.717) is 11.7 Å². The molecule has 1 aliphatic rings. The third-order valence-corrected chi connectivity index (χ3v) is 2.93. The molecule has 1 aliphatic carbocycles. The van der Waals surface area contributed by atoms with Gasteiger partial charge in [0.2, 0.25) is 0 Å². The maximum Gasteiger partial charge on any atom is 0.167 e. The maximum atomic E-state index is 11.8. The summed E-state index contributed by atoms with van der Waals surface area (Å²) in [5.74, 6) is 0.639. The lowest BCUT2D eigenvalue weighted by Crippen LogP contribution is -2.40. The van der Waals surface area contributed by atoms with E-state index in [-0.39, 0.29) is 0 Å². The highest BCUT2D eigenvalue weighted by Crippen LogP contribution is 2.37. The van der Waals surface area contributed by atoms with Gasteiger partial charge in [0.15, 0.2) is 5.78 Å². The smallest absolute Gasteiger partial charge is 0.167 e. The average molecular weight is 170 g/mol. The van der Waals surface area contributed by atoms with Crippen LogP contribution in [0.1, 0.15) is 39.5 Å². The second-order valence-corrected chi connectivity index (χ2v) is 3.54. The molecule has 0 atom stereocenters. The van der Waals surface area contributed by atoms with E-state index in [9.17, 15) is 4.79 Å². The van der Waals surface area contributed by atoms with E-state index in [0.717, 1.165) is 25.7 Å². The number of hydrogen-bond acceptors (Lipinski definition) is 2. The SMILES string of the molecule is CCC(CC)(OC)C(=O)C1CC1. The number of hydrogen-bond donors (Lipinski definition) is 0. The van der Waals surface area contributed by atoms with Gasteiger partial charge in [-0.3, -0.25) is 4.79 Å². The molecule has 2 heteroatoms. The van der Waals surface area contributed by atoms with Crippen molar-refractivity contribution in [3.63, 3.8) is 0 Å². The van der Waals surface area contributed by atoms with Crippen molar-refractivity contribution >= 4 is 5.78 Å². The van der Waals surface area contributed by atoms with Crippen LogP contribution in [0.4, 0.5) is 0 Å². The van der Waals surface area contributed by atoms with Crippen LogP contribution in [0, 0.1) is 5.92 Å². The van der Waals surface area contributed by atoms with Gasteiger partial charge in [0, 0.05) is 13.0 Å². The first-order valence-corrected chi connectivity index (χ1v) is 4.79. The van der Waals surface area contributed by atoms with E-state index in [1.54, 1.807) is 7.11 Å². The Morgan fingerprint density at radius 1 is 1.42 bits per heavy atom. The van der Waals surface area contributed by atoms with Crippen LogP contribution in [0.3, 0.4) is 0 Å². The van der Waals surface area contributed by atoms with Crippen LogP contribution < -0.4 is 0 Å². The zero-order chi connectivity index (χ0) is 9.19. The molecule has 1 saturated carbocycles. The molecule has 1 fully saturated rings. The van der Waals surface area contributed by atoms with Gasteiger partial charge < -0.3 is 4.74 Å². The fourth-order valence-electron chi connectivity index (χ4n) is 1.71. The highest BCUT2D eigenvalue weighted by Gasteiger charge is 2.43. The molecule has 0 aromatic rings. The Balaban J connectivity index is 2.67. The third kappa shape index (κ3) is 1.53. The molecule has 0 aliphatic heterocycles. The maximum absolute atomic E-state index is 11.8. The van der Waals surface area contributed by atoms with E-state index >= 15 is 0 Å². The summed E-state index contributed by atoms with van der Waals surface area (Å²) in [6, 6.07) is 0. The first-order chi connectivity index (χ1) is 5.70. The van der Waals surface area contributed by atoms with Crippen molar-refractivity contribution in [2.75, 3.05) is 7.11 Å². The fourth-order valence-corrected chi connectivity index (χ4v) is 1.71. The highest BCUT2D eigenvalue weighted by atomic mass is 16.5. The fraction of sp³-hybridized carbons (Fsp3) is 0.900. The molecule has 0 unspecified atom stereocenters. The molecule has 70 valence electrons. The summed E-state index contributed by atoms with van der Waals surface area (Å²) in [5.41, 5.74) is -0.471. The van der Waals surface area contributed by atoms with Gasteiger partial charge >= 0.3 is 0 Å². The molecule has 0 saturated heterocycles. The third-order valence-electron chi connectivity index (χ3n) is 2.93. The molecule has 0 spiro atoms. The Labute approximate surface area is 74.3 Å². The number of ether oxygens (including phenoxy) is 1. The number of ketones is 1. The monoisotopic (exact) mass is 170 g/mol. The summed E-state index contributed by atoms with van der Waals surface area (Å²) >= 11 is 0. The lowest BCUT2D eigenvalue weighted by molar-refractivity contribution is -0.143. The normalized spacial score (nSPS) is 17.9. The van der Waals surface area contributed by atoms with Crippen LogP contribution in [-0.4, -0.2) is 18.5 Å². The summed E-state index contributed by atoms with van der Waals surface area (Å²) in [5, 5.41) is 0. The first-order valence-electron chi connectivity index (χ1n) is 4.79. The van der Waals surface area contributed by atoms with Crippen molar-refractivity contribution in [3.05, 3.63) is 0 Å². The Kier molecular flexibility index (Phi) is 2.89. The average Bonchev–Trinajstić information content (AvgIpc) is 2.91. The number of carbonyl (C=O) groups excluding carboxylic acids is 1. The van der Waals surface area contributed by atoms with E-state index < -0.39 is 5.60 Å². The summed E-state index contributed by atoms with van der Waals surface area (Å²) < 4.78 is 5.35. The van der Waals surface area contributed by atoms with Crippen molar-refractivity contribution in [3.8, 4) is 0 Å². The molecule has 12 heavy (non-hydrogen) atoms. The van der Waals surface area contributed by atoms with Gasteiger partial charge in [0.25, 0.3) is 0 Å². The van der Waals surface area contributed by atoms with Crippen molar-refractivity contribution in [1.29, 1.82) is 0 Å². The molecular formula is C10H18O2. The Hall–Kier alpha value is -0.370. The quantitative estimate of drug-likeness (QED) is 0.632. The summed E-state index contributed by atoms with van der Waals surface area (Å²) in [4.78, 5) is 11.8. The molecule has 0 bridgehead atoms. The van der Waals surface area contributed by atoms with E-state index in [4.69, 9.17) is 4.74 Å². The topological polar surface area (TPSA) is 26.3 Å². The number of methoxy groups -OCH3 is 1. The van der Waals surface area contributed by atoms with Crippen LogP contribution in [0.25, 0.3) is 0 Å². The van der Waals surface area contributed by atoms with Crippen LogP contribution in [-0.2, 0) is 9.53 Å². The van der Waals surface area contributed by atoms with Gasteiger partial charge in [-0.1, -0.05) is 13.8 Å². The van der Waals surface area contributed by atoms with E-state index in [2.05, 4.69) is 0 Å². The van der Waals surface area contributed by atoms with Gasteiger partial charge in [-0.2, -0.15) is 0 Å². The van der Waals surface area contributed by atoms with Gasteiger partial charge in [-0.15, -0.1) is 0 Å². The Morgan fingerprint density at radius 3 is 2.17 bits per heavy atom. The zero-order valence-corrected chi connectivity index (χ0v) is 8.22. The van der Waals surface area contributed by atoms with E-state index in [1.807, 2.05) is 13.8 Å². The van der Waals surface area contributed by atoms with Crippen molar-refractivity contribution in [2.24, 2.45) is 5.92 Å². The minimum atomic E-state index is -0.471. The highest BCUT2D eigenvalue weighted by molar-refractivity contribution is 5.91. The van der Waals surface area contributed by atoms with Crippen LogP contribution in [0.2, 0.25) is 0 Å². The first kappa shape index (κ1) is 9.72. The standard InChI is InChI=1S/C10H18O2/c1-4-10(5-2,12-3)9(11)8-6-7-8/h8H,4-7H2,1-3H3. The number of Topliss-reactive ketones (excluding diaryl/α,β-unsaturated/α-hetero) is 1. The molecule has 0 N–H and O–H groups in total. The summed E-state index contributed by atoms with van der Waals surface area (Å²) in [6.07, 6.45) is 3.75. The molecule has 1 rings (SSSR count). The molecule has 0 aromatic carbocycles. The van der Waals surface area contributed by atoms with Gasteiger partial charge in [-0.05, 0) is 25.7 Å². The second-order valence-electron chi connectivity index (χ2n) is 3.54. The largest absolute Gasteiger partial charge is 0.370 e. The van der Waals surface area contributed by atoms with E-state index in [1.165, 1.54) is 0 Å². The van der Waals surface area contributed by atoms with Crippen molar-refractivity contribution < 1.29 is 9.53 Å².